The summed E-state index contributed by atoms with van der Waals surface area (Å²) in [5, 5.41) is 2.10. The van der Waals surface area contributed by atoms with E-state index in [4.69, 9.17) is 9.15 Å². The number of sulfonamides is 1. The van der Waals surface area contributed by atoms with Gasteiger partial charge in [0.1, 0.15) is 18.1 Å². The lowest BCUT2D eigenvalue weighted by molar-refractivity contribution is 0.0662. The van der Waals surface area contributed by atoms with Crippen LogP contribution in [0.4, 0.5) is 0 Å². The van der Waals surface area contributed by atoms with Gasteiger partial charge >= 0.3 is 0 Å². The first kappa shape index (κ1) is 22.2. The molecule has 8 heteroatoms. The van der Waals surface area contributed by atoms with Gasteiger partial charge in [0, 0.05) is 31.6 Å². The van der Waals surface area contributed by atoms with Gasteiger partial charge < -0.3 is 14.1 Å². The van der Waals surface area contributed by atoms with E-state index in [9.17, 15) is 13.2 Å². The highest BCUT2D eigenvalue weighted by molar-refractivity contribution is 7.89. The molecule has 5 rings (SSSR count). The quantitative estimate of drug-likeness (QED) is 0.418. The molecule has 0 radical (unpaired) electrons. The number of ether oxygens (including phenoxy) is 1. The molecule has 0 bridgehead atoms. The van der Waals surface area contributed by atoms with E-state index in [1.807, 2.05) is 42.5 Å². The van der Waals surface area contributed by atoms with E-state index < -0.39 is 10.0 Å². The Bertz CT molecular complexity index is 1400. The predicted molar refractivity (Wildman–Crippen MR) is 128 cm³/mol. The van der Waals surface area contributed by atoms with Gasteiger partial charge in [-0.05, 0) is 35.7 Å². The first-order valence-corrected chi connectivity index (χ1v) is 12.5. The summed E-state index contributed by atoms with van der Waals surface area (Å²) in [7, 11) is -3.57. The molecule has 0 N–H and O–H groups in total. The van der Waals surface area contributed by atoms with Crippen LogP contribution in [0, 0.1) is 0 Å². The Labute approximate surface area is 198 Å². The van der Waals surface area contributed by atoms with Crippen LogP contribution >= 0.6 is 0 Å². The van der Waals surface area contributed by atoms with Gasteiger partial charge in [0.2, 0.25) is 10.0 Å². The molecule has 1 saturated heterocycles. The van der Waals surface area contributed by atoms with E-state index in [0.29, 0.717) is 18.8 Å². The fourth-order valence-corrected chi connectivity index (χ4v) is 5.51. The molecule has 0 saturated carbocycles. The smallest absolute Gasteiger partial charge is 0.289 e. The third kappa shape index (κ3) is 4.42. The molecule has 3 aromatic carbocycles. The van der Waals surface area contributed by atoms with Crippen molar-refractivity contribution in [2.75, 3.05) is 26.2 Å². The van der Waals surface area contributed by atoms with Gasteiger partial charge in [0.15, 0.2) is 5.76 Å². The van der Waals surface area contributed by atoms with E-state index >= 15 is 0 Å². The Morgan fingerprint density at radius 1 is 0.824 bits per heavy atom. The number of amides is 1. The second-order valence-corrected chi connectivity index (χ2v) is 9.98. The SMILES string of the molecule is O=C(c1ccc(COc2cccc3ccccc23)o1)N1CCN(S(=O)(=O)c2ccccc2)CC1. The van der Waals surface area contributed by atoms with E-state index in [-0.39, 0.29) is 36.3 Å². The number of fused-ring (bicyclic) bond motifs is 1. The minimum atomic E-state index is -3.57. The molecule has 1 amide bonds. The molecule has 0 atom stereocenters. The summed E-state index contributed by atoms with van der Waals surface area (Å²) >= 11 is 0. The molecule has 7 nitrogen and oxygen atoms in total. The van der Waals surface area contributed by atoms with Crippen LogP contribution in [-0.2, 0) is 16.6 Å². The van der Waals surface area contributed by atoms with Gasteiger partial charge in [-0.1, -0.05) is 54.6 Å². The first-order valence-electron chi connectivity index (χ1n) is 11.1. The Balaban J connectivity index is 1.20. The molecule has 4 aromatic rings. The third-order valence-corrected chi connectivity index (χ3v) is 7.81. The topological polar surface area (TPSA) is 80.1 Å². The van der Waals surface area contributed by atoms with Crippen LogP contribution in [-0.4, -0.2) is 49.7 Å². The maximum absolute atomic E-state index is 12.9. The number of hydrogen-bond acceptors (Lipinski definition) is 5. The van der Waals surface area contributed by atoms with Crippen LogP contribution in [0.1, 0.15) is 16.3 Å². The lowest BCUT2D eigenvalue weighted by Gasteiger charge is -2.33. The summed E-state index contributed by atoms with van der Waals surface area (Å²) in [6, 6.07) is 25.5. The van der Waals surface area contributed by atoms with Crippen LogP contribution in [0.15, 0.2) is 94.2 Å². The Hall–Kier alpha value is -3.62. The van der Waals surface area contributed by atoms with Crippen molar-refractivity contribution in [3.63, 3.8) is 0 Å². The zero-order valence-corrected chi connectivity index (χ0v) is 19.3. The second kappa shape index (κ2) is 9.32. The van der Waals surface area contributed by atoms with Gasteiger partial charge in [0.05, 0.1) is 4.90 Å². The van der Waals surface area contributed by atoms with Gasteiger partial charge in [-0.3, -0.25) is 4.79 Å². The van der Waals surface area contributed by atoms with E-state index in [0.717, 1.165) is 16.5 Å². The fraction of sp³-hybridized carbons (Fsp3) is 0.192. The van der Waals surface area contributed by atoms with E-state index in [2.05, 4.69) is 0 Å². The zero-order valence-electron chi connectivity index (χ0n) is 18.5. The molecule has 1 aliphatic rings. The maximum atomic E-state index is 12.9. The third-order valence-electron chi connectivity index (χ3n) is 5.90. The van der Waals surface area contributed by atoms with Crippen LogP contribution < -0.4 is 4.74 Å². The second-order valence-electron chi connectivity index (χ2n) is 8.04. The zero-order chi connectivity index (χ0) is 23.5. The lowest BCUT2D eigenvalue weighted by Crippen LogP contribution is -2.50. The monoisotopic (exact) mass is 476 g/mol. The Kier molecular flexibility index (Phi) is 6.08. The average Bonchev–Trinajstić information content (AvgIpc) is 3.37. The number of hydrogen-bond donors (Lipinski definition) is 0. The van der Waals surface area contributed by atoms with Crippen molar-refractivity contribution in [1.82, 2.24) is 9.21 Å². The summed E-state index contributed by atoms with van der Waals surface area (Å²) in [5.41, 5.74) is 0. The number of carbonyl (C=O) groups excluding carboxylic acids is 1. The van der Waals surface area contributed by atoms with Crippen LogP contribution in [0.2, 0.25) is 0 Å². The molecule has 0 spiro atoms. The van der Waals surface area contributed by atoms with Crippen molar-refractivity contribution in [2.24, 2.45) is 0 Å². The summed E-state index contributed by atoms with van der Waals surface area (Å²) in [6.45, 7) is 1.27. The minimum Gasteiger partial charge on any atom is -0.485 e. The van der Waals surface area contributed by atoms with Crippen LogP contribution in [0.25, 0.3) is 10.8 Å². The Morgan fingerprint density at radius 3 is 2.32 bits per heavy atom. The molecule has 0 aliphatic carbocycles. The van der Waals surface area contributed by atoms with E-state index in [1.165, 1.54) is 4.31 Å². The number of benzene rings is 3. The average molecular weight is 477 g/mol. The maximum Gasteiger partial charge on any atom is 0.289 e. The molecule has 1 aromatic heterocycles. The number of rotatable bonds is 6. The highest BCUT2D eigenvalue weighted by Crippen LogP contribution is 2.26. The molecular formula is C26H24N2O5S. The van der Waals surface area contributed by atoms with Crippen molar-refractivity contribution in [3.8, 4) is 5.75 Å². The highest BCUT2D eigenvalue weighted by Gasteiger charge is 2.31. The molecule has 174 valence electrons. The normalized spacial score (nSPS) is 14.9. The molecular weight excluding hydrogens is 452 g/mol. The van der Waals surface area contributed by atoms with Crippen molar-refractivity contribution in [2.45, 2.75) is 11.5 Å². The number of piperazine rings is 1. The molecule has 2 heterocycles. The largest absolute Gasteiger partial charge is 0.485 e. The lowest BCUT2D eigenvalue weighted by atomic mass is 10.1. The van der Waals surface area contributed by atoms with Gasteiger partial charge in [-0.25, -0.2) is 8.42 Å². The van der Waals surface area contributed by atoms with Crippen molar-refractivity contribution < 1.29 is 22.4 Å². The minimum absolute atomic E-state index is 0.199. The van der Waals surface area contributed by atoms with Crippen LogP contribution in [0.3, 0.4) is 0 Å². The van der Waals surface area contributed by atoms with Crippen molar-refractivity contribution in [3.05, 3.63) is 96.4 Å². The molecule has 0 unspecified atom stereocenters. The number of nitrogens with zero attached hydrogens (tertiary/aromatic N) is 2. The summed E-state index contributed by atoms with van der Waals surface area (Å²) in [4.78, 5) is 14.8. The molecule has 1 aliphatic heterocycles. The number of carbonyl (C=O) groups is 1. The summed E-state index contributed by atoms with van der Waals surface area (Å²) < 4.78 is 38.7. The highest BCUT2D eigenvalue weighted by atomic mass is 32.2. The Morgan fingerprint density at radius 2 is 1.53 bits per heavy atom. The summed E-state index contributed by atoms with van der Waals surface area (Å²) in [6.07, 6.45) is 0. The first-order chi connectivity index (χ1) is 16.5. The number of furan rings is 1. The fourth-order valence-electron chi connectivity index (χ4n) is 4.07. The van der Waals surface area contributed by atoms with Crippen molar-refractivity contribution >= 4 is 26.7 Å². The predicted octanol–water partition coefficient (Wildman–Crippen LogP) is 4.16. The van der Waals surface area contributed by atoms with Gasteiger partial charge in [0.25, 0.3) is 5.91 Å². The van der Waals surface area contributed by atoms with Crippen molar-refractivity contribution in [1.29, 1.82) is 0 Å². The molecule has 34 heavy (non-hydrogen) atoms. The van der Waals surface area contributed by atoms with Crippen LogP contribution in [0.5, 0.6) is 5.75 Å². The standard InChI is InChI=1S/C26H24N2O5S/c29-26(27-15-17-28(18-16-27)34(30,31)22-9-2-1-3-10-22)25-14-13-21(33-25)19-32-24-12-6-8-20-7-4-5-11-23(20)24/h1-14H,15-19H2. The van der Waals surface area contributed by atoms with Gasteiger partial charge in [-0.15, -0.1) is 0 Å². The summed E-state index contributed by atoms with van der Waals surface area (Å²) in [5.74, 6) is 1.25. The van der Waals surface area contributed by atoms with Gasteiger partial charge in [-0.2, -0.15) is 4.31 Å². The van der Waals surface area contributed by atoms with E-state index in [1.54, 1.807) is 47.4 Å². The molecule has 1 fully saturated rings.